The Kier molecular flexibility index (Phi) is 6.63. The number of pyridine rings is 1. The van der Waals surface area contributed by atoms with Crippen LogP contribution >= 0.6 is 0 Å². The topological polar surface area (TPSA) is 81.3 Å². The van der Waals surface area contributed by atoms with Gasteiger partial charge >= 0.3 is 5.97 Å². The van der Waals surface area contributed by atoms with Crippen LogP contribution < -0.4 is 5.56 Å². The zero-order valence-corrected chi connectivity index (χ0v) is 12.6. The van der Waals surface area contributed by atoms with Crippen molar-refractivity contribution in [1.82, 2.24) is 4.57 Å². The molecule has 0 fully saturated rings. The first-order valence-electron chi connectivity index (χ1n) is 6.88. The summed E-state index contributed by atoms with van der Waals surface area (Å²) < 4.78 is 11.4. The minimum atomic E-state index is -0.520. The fourth-order valence-corrected chi connectivity index (χ4v) is 1.88. The van der Waals surface area contributed by atoms with Gasteiger partial charge in [0.05, 0.1) is 6.61 Å². The summed E-state index contributed by atoms with van der Waals surface area (Å²) in [6.07, 6.45) is 0. The van der Waals surface area contributed by atoms with Crippen molar-refractivity contribution in [2.75, 3.05) is 19.8 Å². The molecule has 21 heavy (non-hydrogen) atoms. The van der Waals surface area contributed by atoms with Crippen molar-refractivity contribution < 1.29 is 14.3 Å². The van der Waals surface area contributed by atoms with Gasteiger partial charge in [-0.15, -0.1) is 0 Å². The Hall–Kier alpha value is -2.13. The third kappa shape index (κ3) is 4.72. The van der Waals surface area contributed by atoms with E-state index in [0.29, 0.717) is 18.9 Å². The quantitative estimate of drug-likeness (QED) is 0.561. The summed E-state index contributed by atoms with van der Waals surface area (Å²) in [5.74, 6) is -0.463. The normalized spacial score (nSPS) is 10.4. The van der Waals surface area contributed by atoms with Gasteiger partial charge in [-0.3, -0.25) is 9.59 Å². The predicted octanol–water partition coefficient (Wildman–Crippen LogP) is 1.42. The Balaban J connectivity index is 2.88. The highest BCUT2D eigenvalue weighted by Gasteiger charge is 2.15. The highest BCUT2D eigenvalue weighted by molar-refractivity contribution is 5.69. The second-order valence-corrected chi connectivity index (χ2v) is 4.75. The third-order valence-electron chi connectivity index (χ3n) is 2.90. The molecule has 0 aliphatic rings. The van der Waals surface area contributed by atoms with E-state index in [9.17, 15) is 9.59 Å². The maximum Gasteiger partial charge on any atom is 0.326 e. The van der Waals surface area contributed by atoms with Gasteiger partial charge in [0.1, 0.15) is 24.8 Å². The maximum atomic E-state index is 12.1. The van der Waals surface area contributed by atoms with Crippen molar-refractivity contribution in [3.63, 3.8) is 0 Å². The Bertz CT molecular complexity index is 584. The zero-order chi connectivity index (χ0) is 15.8. The van der Waals surface area contributed by atoms with Gasteiger partial charge in [-0.05, 0) is 25.0 Å². The van der Waals surface area contributed by atoms with Crippen LogP contribution in [0, 0.1) is 11.3 Å². The Morgan fingerprint density at radius 3 is 2.67 bits per heavy atom. The lowest BCUT2D eigenvalue weighted by Crippen LogP contribution is -2.30. The molecule has 0 amide bonds. The molecule has 0 unspecified atom stereocenters. The Morgan fingerprint density at radius 1 is 1.38 bits per heavy atom. The van der Waals surface area contributed by atoms with Crippen LogP contribution in [0.3, 0.4) is 0 Å². The summed E-state index contributed by atoms with van der Waals surface area (Å²) in [5, 5.41) is 8.91. The molecular weight excluding hydrogens is 272 g/mol. The summed E-state index contributed by atoms with van der Waals surface area (Å²) >= 11 is 0. The lowest BCUT2D eigenvalue weighted by atomic mass is 10.1. The summed E-state index contributed by atoms with van der Waals surface area (Å²) in [6.45, 7) is 6.51. The number of carbonyl (C=O) groups is 1. The molecule has 1 rings (SSSR count). The molecule has 0 aromatic carbocycles. The van der Waals surface area contributed by atoms with E-state index >= 15 is 0 Å². The Labute approximate surface area is 123 Å². The average molecular weight is 292 g/mol. The van der Waals surface area contributed by atoms with Crippen LogP contribution in [0.1, 0.15) is 37.9 Å². The fourth-order valence-electron chi connectivity index (χ4n) is 1.88. The monoisotopic (exact) mass is 292 g/mol. The number of carbonyl (C=O) groups excluding carboxylic acids is 1. The summed E-state index contributed by atoms with van der Waals surface area (Å²) in [5.41, 5.74) is 0.243. The predicted molar refractivity (Wildman–Crippen MR) is 77.0 cm³/mol. The minimum Gasteiger partial charge on any atom is -0.462 e. The van der Waals surface area contributed by atoms with Gasteiger partial charge in [0.15, 0.2) is 0 Å². The second-order valence-electron chi connectivity index (χ2n) is 4.75. The SMILES string of the molecule is CCOCCOC(=O)Cn1c(C(C)C)ccc(C#N)c1=O. The van der Waals surface area contributed by atoms with Gasteiger partial charge in [0, 0.05) is 12.3 Å². The first-order chi connectivity index (χ1) is 10.0. The van der Waals surface area contributed by atoms with Gasteiger partial charge in [0.25, 0.3) is 5.56 Å². The number of ether oxygens (including phenoxy) is 2. The molecule has 114 valence electrons. The molecule has 1 heterocycles. The average Bonchev–Trinajstić information content (AvgIpc) is 2.45. The highest BCUT2D eigenvalue weighted by Crippen LogP contribution is 2.13. The van der Waals surface area contributed by atoms with E-state index in [0.717, 1.165) is 0 Å². The molecule has 0 aliphatic heterocycles. The molecule has 0 aliphatic carbocycles. The van der Waals surface area contributed by atoms with E-state index in [1.54, 1.807) is 6.07 Å². The van der Waals surface area contributed by atoms with Crippen molar-refractivity contribution in [2.45, 2.75) is 33.2 Å². The van der Waals surface area contributed by atoms with Gasteiger partial charge in [-0.1, -0.05) is 13.8 Å². The van der Waals surface area contributed by atoms with Gasteiger partial charge in [-0.2, -0.15) is 5.26 Å². The lowest BCUT2D eigenvalue weighted by molar-refractivity contribution is -0.146. The molecule has 0 radical (unpaired) electrons. The third-order valence-corrected chi connectivity index (χ3v) is 2.90. The van der Waals surface area contributed by atoms with E-state index in [-0.39, 0.29) is 24.6 Å². The van der Waals surface area contributed by atoms with E-state index in [1.807, 2.05) is 26.8 Å². The smallest absolute Gasteiger partial charge is 0.326 e. The van der Waals surface area contributed by atoms with Crippen LogP contribution in [0.25, 0.3) is 0 Å². The number of rotatable bonds is 7. The van der Waals surface area contributed by atoms with Gasteiger partial charge < -0.3 is 14.0 Å². The standard InChI is InChI=1S/C15H20N2O4/c1-4-20-7-8-21-14(18)10-17-13(11(2)3)6-5-12(9-16)15(17)19/h5-6,11H,4,7-8,10H2,1-3H3. The molecule has 6 nitrogen and oxygen atoms in total. The van der Waals surface area contributed by atoms with Crippen LogP contribution in [0.2, 0.25) is 0 Å². The van der Waals surface area contributed by atoms with E-state index in [2.05, 4.69) is 0 Å². The van der Waals surface area contributed by atoms with Crippen LogP contribution in [0.4, 0.5) is 0 Å². The molecule has 0 bridgehead atoms. The van der Waals surface area contributed by atoms with Gasteiger partial charge in [-0.25, -0.2) is 0 Å². The summed E-state index contributed by atoms with van der Waals surface area (Å²) in [7, 11) is 0. The van der Waals surface area contributed by atoms with Crippen LogP contribution in [0.15, 0.2) is 16.9 Å². The maximum absolute atomic E-state index is 12.1. The number of aromatic nitrogens is 1. The Morgan fingerprint density at radius 2 is 2.10 bits per heavy atom. The first-order valence-corrected chi connectivity index (χ1v) is 6.88. The van der Waals surface area contributed by atoms with E-state index in [1.165, 1.54) is 10.6 Å². The molecule has 6 heteroatoms. The second kappa shape index (κ2) is 8.22. The van der Waals surface area contributed by atoms with Crippen molar-refractivity contribution in [3.8, 4) is 6.07 Å². The largest absolute Gasteiger partial charge is 0.462 e. The fraction of sp³-hybridized carbons (Fsp3) is 0.533. The molecular formula is C15H20N2O4. The summed E-state index contributed by atoms with van der Waals surface area (Å²) in [4.78, 5) is 23.9. The van der Waals surface area contributed by atoms with Gasteiger partial charge in [0.2, 0.25) is 0 Å². The molecule has 0 N–H and O–H groups in total. The number of nitrogens with zero attached hydrogens (tertiary/aromatic N) is 2. The van der Waals surface area contributed by atoms with Crippen molar-refractivity contribution in [1.29, 1.82) is 5.26 Å². The highest BCUT2D eigenvalue weighted by atomic mass is 16.6. The number of hydrogen-bond donors (Lipinski definition) is 0. The van der Waals surface area contributed by atoms with Crippen molar-refractivity contribution in [2.24, 2.45) is 0 Å². The van der Waals surface area contributed by atoms with Crippen LogP contribution in [-0.4, -0.2) is 30.4 Å². The van der Waals surface area contributed by atoms with Crippen LogP contribution in [-0.2, 0) is 20.8 Å². The molecule has 0 saturated heterocycles. The van der Waals surface area contributed by atoms with Crippen LogP contribution in [0.5, 0.6) is 0 Å². The molecule has 0 spiro atoms. The first kappa shape index (κ1) is 16.9. The number of hydrogen-bond acceptors (Lipinski definition) is 5. The molecule has 0 atom stereocenters. The summed E-state index contributed by atoms with van der Waals surface area (Å²) in [6, 6.07) is 5.00. The van der Waals surface area contributed by atoms with E-state index < -0.39 is 11.5 Å². The molecule has 1 aromatic rings. The zero-order valence-electron chi connectivity index (χ0n) is 12.6. The molecule has 0 saturated carbocycles. The van der Waals surface area contributed by atoms with Crippen molar-refractivity contribution in [3.05, 3.63) is 33.7 Å². The number of nitriles is 1. The minimum absolute atomic E-state index is 0.0153. The number of esters is 1. The lowest BCUT2D eigenvalue weighted by Gasteiger charge is -2.15. The molecule has 1 aromatic heterocycles. The van der Waals surface area contributed by atoms with Crippen molar-refractivity contribution >= 4 is 5.97 Å². The van der Waals surface area contributed by atoms with E-state index in [4.69, 9.17) is 14.7 Å².